The SMILES string of the molecule is COCCN1C(=O)/C(=C\c2ccc(-c3ccc([N+](=O)[O-])cc3C)o2)C(=O)N(c2ccccc2)C1=O. The molecule has 35 heavy (non-hydrogen) atoms. The molecule has 0 N–H and O–H groups in total. The van der Waals surface area contributed by atoms with Gasteiger partial charge in [0.05, 0.1) is 23.8 Å². The summed E-state index contributed by atoms with van der Waals surface area (Å²) in [4.78, 5) is 51.8. The first kappa shape index (κ1) is 23.6. The minimum atomic E-state index is -0.774. The average molecular weight is 475 g/mol. The molecule has 4 amide bonds. The number of para-hydroxylation sites is 1. The van der Waals surface area contributed by atoms with Gasteiger partial charge >= 0.3 is 6.03 Å². The van der Waals surface area contributed by atoms with Crippen LogP contribution in [0.5, 0.6) is 0 Å². The predicted octanol–water partition coefficient (Wildman–Crippen LogP) is 4.19. The Morgan fingerprint density at radius 1 is 1.03 bits per heavy atom. The molecule has 0 aliphatic carbocycles. The van der Waals surface area contributed by atoms with Gasteiger partial charge in [-0.1, -0.05) is 18.2 Å². The molecule has 0 saturated carbocycles. The van der Waals surface area contributed by atoms with E-state index in [0.29, 0.717) is 22.6 Å². The van der Waals surface area contributed by atoms with Crippen LogP contribution in [-0.4, -0.2) is 47.9 Å². The van der Waals surface area contributed by atoms with Gasteiger partial charge in [0, 0.05) is 24.8 Å². The van der Waals surface area contributed by atoms with Crippen molar-refractivity contribution in [1.82, 2.24) is 4.90 Å². The zero-order valence-electron chi connectivity index (χ0n) is 19.0. The van der Waals surface area contributed by atoms with E-state index in [2.05, 4.69) is 0 Å². The highest BCUT2D eigenvalue weighted by molar-refractivity contribution is 6.39. The van der Waals surface area contributed by atoms with E-state index in [-0.39, 0.29) is 30.2 Å². The third kappa shape index (κ3) is 4.59. The number of hydrogen-bond donors (Lipinski definition) is 0. The number of methoxy groups -OCH3 is 1. The number of ether oxygens (including phenoxy) is 1. The lowest BCUT2D eigenvalue weighted by atomic mass is 10.1. The van der Waals surface area contributed by atoms with Crippen molar-refractivity contribution in [2.45, 2.75) is 6.92 Å². The highest BCUT2D eigenvalue weighted by Gasteiger charge is 2.42. The lowest BCUT2D eigenvalue weighted by molar-refractivity contribution is -0.384. The van der Waals surface area contributed by atoms with Crippen molar-refractivity contribution in [2.24, 2.45) is 0 Å². The van der Waals surface area contributed by atoms with Crippen molar-refractivity contribution >= 4 is 35.3 Å². The van der Waals surface area contributed by atoms with Crippen LogP contribution in [0.3, 0.4) is 0 Å². The van der Waals surface area contributed by atoms with Crippen molar-refractivity contribution in [3.8, 4) is 11.3 Å². The van der Waals surface area contributed by atoms with Gasteiger partial charge in [-0.15, -0.1) is 0 Å². The monoisotopic (exact) mass is 475 g/mol. The summed E-state index contributed by atoms with van der Waals surface area (Å²) < 4.78 is 10.9. The van der Waals surface area contributed by atoms with Gasteiger partial charge in [0.2, 0.25) is 0 Å². The molecule has 0 radical (unpaired) electrons. The summed E-state index contributed by atoms with van der Waals surface area (Å²) in [5.74, 6) is -0.909. The number of benzene rings is 2. The fourth-order valence-electron chi connectivity index (χ4n) is 3.72. The highest BCUT2D eigenvalue weighted by Crippen LogP contribution is 2.30. The zero-order valence-corrected chi connectivity index (χ0v) is 19.0. The number of urea groups is 1. The van der Waals surface area contributed by atoms with Crippen LogP contribution in [0.25, 0.3) is 17.4 Å². The van der Waals surface area contributed by atoms with E-state index in [1.807, 2.05) is 0 Å². The Kier molecular flexibility index (Phi) is 6.56. The summed E-state index contributed by atoms with van der Waals surface area (Å²) in [6.07, 6.45) is 1.29. The van der Waals surface area contributed by atoms with Crippen molar-refractivity contribution in [2.75, 3.05) is 25.2 Å². The van der Waals surface area contributed by atoms with Crippen LogP contribution in [0.2, 0.25) is 0 Å². The van der Waals surface area contributed by atoms with Crippen LogP contribution >= 0.6 is 0 Å². The molecule has 1 aliphatic rings. The maximum atomic E-state index is 13.3. The number of rotatable bonds is 7. The van der Waals surface area contributed by atoms with Crippen molar-refractivity contribution in [3.63, 3.8) is 0 Å². The number of anilines is 1. The summed E-state index contributed by atoms with van der Waals surface area (Å²) in [7, 11) is 1.44. The molecule has 4 rings (SSSR count). The third-order valence-electron chi connectivity index (χ3n) is 5.46. The normalized spacial score (nSPS) is 15.3. The molecule has 1 saturated heterocycles. The fraction of sp³-hybridized carbons (Fsp3) is 0.160. The summed E-state index contributed by atoms with van der Waals surface area (Å²) in [6.45, 7) is 1.79. The van der Waals surface area contributed by atoms with Crippen LogP contribution < -0.4 is 4.90 Å². The second-order valence-corrected chi connectivity index (χ2v) is 7.72. The molecule has 3 aromatic rings. The van der Waals surface area contributed by atoms with E-state index < -0.39 is 22.8 Å². The molecule has 1 fully saturated rings. The number of nitro benzene ring substituents is 1. The third-order valence-corrected chi connectivity index (χ3v) is 5.46. The van der Waals surface area contributed by atoms with Gasteiger partial charge in [-0.25, -0.2) is 9.69 Å². The van der Waals surface area contributed by atoms with Crippen molar-refractivity contribution < 1.29 is 28.5 Å². The molecule has 10 nitrogen and oxygen atoms in total. The molecule has 2 aromatic carbocycles. The Hall–Kier alpha value is -4.57. The van der Waals surface area contributed by atoms with Gasteiger partial charge in [-0.2, -0.15) is 0 Å². The van der Waals surface area contributed by atoms with Gasteiger partial charge < -0.3 is 9.15 Å². The lowest BCUT2D eigenvalue weighted by Crippen LogP contribution is -2.57. The number of furan rings is 1. The second kappa shape index (κ2) is 9.74. The number of non-ortho nitro benzene ring substituents is 1. The maximum absolute atomic E-state index is 13.3. The van der Waals surface area contributed by atoms with E-state index in [1.54, 1.807) is 55.5 Å². The predicted molar refractivity (Wildman–Crippen MR) is 126 cm³/mol. The van der Waals surface area contributed by atoms with E-state index >= 15 is 0 Å². The molecule has 0 spiro atoms. The average Bonchev–Trinajstić information content (AvgIpc) is 3.30. The molecule has 0 bridgehead atoms. The molecule has 1 aliphatic heterocycles. The van der Waals surface area contributed by atoms with E-state index in [1.165, 1.54) is 25.3 Å². The molecule has 1 aromatic heterocycles. The molecule has 0 atom stereocenters. The number of amides is 4. The van der Waals surface area contributed by atoms with Gasteiger partial charge in [-0.05, 0) is 48.9 Å². The highest BCUT2D eigenvalue weighted by atomic mass is 16.6. The second-order valence-electron chi connectivity index (χ2n) is 7.72. The number of imide groups is 2. The quantitative estimate of drug-likeness (QED) is 0.217. The topological polar surface area (TPSA) is 123 Å². The number of barbiturate groups is 1. The smallest absolute Gasteiger partial charge is 0.338 e. The number of hydrogen-bond acceptors (Lipinski definition) is 7. The molecular weight excluding hydrogens is 454 g/mol. The zero-order chi connectivity index (χ0) is 25.1. The molecule has 0 unspecified atom stereocenters. The van der Waals surface area contributed by atoms with Crippen LogP contribution in [0.15, 0.2) is 70.7 Å². The number of nitro groups is 1. The van der Waals surface area contributed by atoms with E-state index in [0.717, 1.165) is 9.80 Å². The van der Waals surface area contributed by atoms with Gasteiger partial charge in [0.1, 0.15) is 17.1 Å². The number of carbonyl (C=O) groups excluding carboxylic acids is 3. The van der Waals surface area contributed by atoms with Crippen LogP contribution in [0.1, 0.15) is 11.3 Å². The van der Waals surface area contributed by atoms with E-state index in [4.69, 9.17) is 9.15 Å². The molecule has 10 heteroatoms. The van der Waals surface area contributed by atoms with Crippen molar-refractivity contribution in [3.05, 3.63) is 87.7 Å². The minimum absolute atomic E-state index is 0.0342. The number of nitrogens with zero attached hydrogens (tertiary/aromatic N) is 3. The summed E-state index contributed by atoms with van der Waals surface area (Å²) in [5, 5.41) is 11.0. The summed E-state index contributed by atoms with van der Waals surface area (Å²) in [5.41, 5.74) is 1.30. The Morgan fingerprint density at radius 2 is 1.77 bits per heavy atom. The van der Waals surface area contributed by atoms with Gasteiger partial charge in [-0.3, -0.25) is 24.6 Å². The van der Waals surface area contributed by atoms with Crippen LogP contribution in [0, 0.1) is 17.0 Å². The Bertz CT molecular complexity index is 1340. The number of carbonyl (C=O) groups is 3. The van der Waals surface area contributed by atoms with Gasteiger partial charge in [0.25, 0.3) is 17.5 Å². The minimum Gasteiger partial charge on any atom is -0.457 e. The first-order valence-corrected chi connectivity index (χ1v) is 10.6. The lowest BCUT2D eigenvalue weighted by Gasteiger charge is -2.33. The Balaban J connectivity index is 1.72. The standard InChI is InChI=1S/C25H21N3O7/c1-16-14-18(28(32)33)8-10-20(16)22-11-9-19(35-22)15-21-23(29)26(12-13-34-2)25(31)27(24(21)30)17-6-4-3-5-7-17/h3-11,14-15H,12-13H2,1-2H3/b21-15+. The van der Waals surface area contributed by atoms with Crippen LogP contribution in [0.4, 0.5) is 16.2 Å². The van der Waals surface area contributed by atoms with E-state index in [9.17, 15) is 24.5 Å². The summed E-state index contributed by atoms with van der Waals surface area (Å²) in [6, 6.07) is 15.1. The Labute approximate surface area is 200 Å². The largest absolute Gasteiger partial charge is 0.457 e. The molecule has 178 valence electrons. The molecule has 2 heterocycles. The maximum Gasteiger partial charge on any atom is 0.338 e. The first-order chi connectivity index (χ1) is 16.8. The van der Waals surface area contributed by atoms with Crippen molar-refractivity contribution in [1.29, 1.82) is 0 Å². The molecular formula is C25H21N3O7. The Morgan fingerprint density at radius 3 is 2.43 bits per heavy atom. The first-order valence-electron chi connectivity index (χ1n) is 10.6. The fourth-order valence-corrected chi connectivity index (χ4v) is 3.72. The summed E-state index contributed by atoms with van der Waals surface area (Å²) >= 11 is 0. The number of aryl methyl sites for hydroxylation is 1. The van der Waals surface area contributed by atoms with Gasteiger partial charge in [0.15, 0.2) is 0 Å². The van der Waals surface area contributed by atoms with Crippen LogP contribution in [-0.2, 0) is 14.3 Å².